The van der Waals surface area contributed by atoms with Gasteiger partial charge in [0.1, 0.15) is 29.8 Å². The molecule has 0 fully saturated rings. The SMILES string of the molecule is CCCCOC(=O)[C@@H](C)NP(=O)(CO[C@H](C)Cn1cnc2c(N)ncnc21)NC(C)(C)C(=O)OC(C)C. The van der Waals surface area contributed by atoms with Crippen molar-refractivity contribution in [3.05, 3.63) is 12.7 Å². The second-order valence-corrected chi connectivity index (χ2v) is 12.0. The first-order valence-corrected chi connectivity index (χ1v) is 14.2. The summed E-state index contributed by atoms with van der Waals surface area (Å²) in [6.07, 6.45) is 3.41. The number of nitrogen functional groups attached to an aromatic ring is 1. The number of nitrogens with two attached hydrogens (primary N) is 1. The van der Waals surface area contributed by atoms with Crippen LogP contribution >= 0.6 is 7.44 Å². The fraction of sp³-hybridized carbons (Fsp3) is 0.696. The van der Waals surface area contributed by atoms with Crippen molar-refractivity contribution in [3.63, 3.8) is 0 Å². The maximum absolute atomic E-state index is 14.0. The maximum atomic E-state index is 14.0. The van der Waals surface area contributed by atoms with Gasteiger partial charge in [-0.05, 0) is 48.0 Å². The number of aromatic nitrogens is 4. The lowest BCUT2D eigenvalue weighted by Gasteiger charge is -2.32. The lowest BCUT2D eigenvalue weighted by Crippen LogP contribution is -2.50. The van der Waals surface area contributed by atoms with Gasteiger partial charge < -0.3 is 24.5 Å². The third-order valence-electron chi connectivity index (χ3n) is 5.24. The Hall–Kier alpha value is -2.60. The molecule has 0 aliphatic heterocycles. The van der Waals surface area contributed by atoms with Crippen LogP contribution in [-0.2, 0) is 34.9 Å². The van der Waals surface area contributed by atoms with Crippen molar-refractivity contribution in [2.24, 2.45) is 0 Å². The molecule has 208 valence electrons. The molecule has 3 atom stereocenters. The molecule has 0 aliphatic rings. The van der Waals surface area contributed by atoms with Gasteiger partial charge in [0, 0.05) is 0 Å². The van der Waals surface area contributed by atoms with Crippen LogP contribution in [0.5, 0.6) is 0 Å². The molecule has 0 bridgehead atoms. The fourth-order valence-electron chi connectivity index (χ4n) is 3.36. The largest absolute Gasteiger partial charge is 0.465 e. The number of imidazole rings is 1. The molecule has 13 nitrogen and oxygen atoms in total. The van der Waals surface area contributed by atoms with Gasteiger partial charge in [0.15, 0.2) is 11.5 Å². The minimum absolute atomic E-state index is 0.269. The Kier molecular flexibility index (Phi) is 11.0. The van der Waals surface area contributed by atoms with E-state index in [1.165, 1.54) is 6.33 Å². The number of nitrogens with one attached hydrogen (secondary N) is 2. The smallest absolute Gasteiger partial charge is 0.326 e. The molecule has 0 aromatic carbocycles. The molecule has 0 aliphatic carbocycles. The van der Waals surface area contributed by atoms with Crippen LogP contribution in [0.2, 0.25) is 0 Å². The van der Waals surface area contributed by atoms with Gasteiger partial charge in [-0.2, -0.15) is 0 Å². The normalized spacial score (nSPS) is 15.4. The molecule has 0 saturated heterocycles. The van der Waals surface area contributed by atoms with E-state index >= 15 is 0 Å². The summed E-state index contributed by atoms with van der Waals surface area (Å²) in [7, 11) is -3.68. The van der Waals surface area contributed by atoms with E-state index in [1.807, 2.05) is 6.92 Å². The van der Waals surface area contributed by atoms with E-state index < -0.39 is 37.1 Å². The lowest BCUT2D eigenvalue weighted by atomic mass is 10.1. The molecule has 4 N–H and O–H groups in total. The van der Waals surface area contributed by atoms with Gasteiger partial charge in [-0.15, -0.1) is 0 Å². The molecule has 0 amide bonds. The fourth-order valence-corrected chi connectivity index (χ4v) is 5.76. The van der Waals surface area contributed by atoms with E-state index in [-0.39, 0.29) is 24.9 Å². The van der Waals surface area contributed by atoms with Crippen molar-refractivity contribution in [1.82, 2.24) is 29.7 Å². The molecule has 2 aromatic rings. The van der Waals surface area contributed by atoms with Crippen molar-refractivity contribution in [1.29, 1.82) is 0 Å². The van der Waals surface area contributed by atoms with Crippen LogP contribution in [0, 0.1) is 0 Å². The lowest BCUT2D eigenvalue weighted by molar-refractivity contribution is -0.153. The van der Waals surface area contributed by atoms with Gasteiger partial charge in [0.2, 0.25) is 7.44 Å². The Labute approximate surface area is 217 Å². The molecule has 0 spiro atoms. The minimum Gasteiger partial charge on any atom is -0.465 e. The number of carbonyl (C=O) groups excluding carboxylic acids is 2. The van der Waals surface area contributed by atoms with Crippen LogP contribution in [0.3, 0.4) is 0 Å². The highest BCUT2D eigenvalue weighted by Crippen LogP contribution is 2.40. The molecule has 37 heavy (non-hydrogen) atoms. The third-order valence-corrected chi connectivity index (χ3v) is 7.47. The topological polar surface area (TPSA) is 173 Å². The van der Waals surface area contributed by atoms with Gasteiger partial charge in [-0.1, -0.05) is 13.3 Å². The number of esters is 2. The van der Waals surface area contributed by atoms with Crippen LogP contribution in [0.1, 0.15) is 61.3 Å². The summed E-state index contributed by atoms with van der Waals surface area (Å²) in [6.45, 7) is 12.5. The van der Waals surface area contributed by atoms with Crippen molar-refractivity contribution < 1.29 is 28.4 Å². The van der Waals surface area contributed by atoms with Crippen molar-refractivity contribution >= 4 is 36.4 Å². The van der Waals surface area contributed by atoms with Crippen molar-refractivity contribution in [2.75, 3.05) is 18.7 Å². The number of nitrogens with zero attached hydrogens (tertiary/aromatic N) is 4. The summed E-state index contributed by atoms with van der Waals surface area (Å²) in [5.74, 6) is -0.864. The Balaban J connectivity index is 2.15. The minimum atomic E-state index is -3.68. The number of hydrogen-bond acceptors (Lipinski definition) is 10. The number of fused-ring (bicyclic) bond motifs is 1. The van der Waals surface area contributed by atoms with E-state index in [9.17, 15) is 14.2 Å². The first-order valence-electron chi connectivity index (χ1n) is 12.3. The first kappa shape index (κ1) is 30.6. The molecule has 0 saturated carbocycles. The highest BCUT2D eigenvalue weighted by molar-refractivity contribution is 7.59. The number of ether oxygens (including phenoxy) is 3. The quantitative estimate of drug-likeness (QED) is 0.171. The number of unbranched alkanes of at least 4 members (excludes halogenated alkanes) is 1. The number of hydrogen-bond donors (Lipinski definition) is 3. The van der Waals surface area contributed by atoms with E-state index in [0.717, 1.165) is 12.8 Å². The van der Waals surface area contributed by atoms with Crippen LogP contribution in [0.15, 0.2) is 12.7 Å². The predicted octanol–water partition coefficient (Wildman–Crippen LogP) is 2.61. The second kappa shape index (κ2) is 13.3. The van der Waals surface area contributed by atoms with Crippen LogP contribution < -0.4 is 15.9 Å². The summed E-state index contributed by atoms with van der Waals surface area (Å²) in [6, 6.07) is -0.914. The zero-order chi connectivity index (χ0) is 27.8. The number of carbonyl (C=O) groups is 2. The summed E-state index contributed by atoms with van der Waals surface area (Å²) in [5.41, 5.74) is 5.54. The van der Waals surface area contributed by atoms with E-state index in [1.54, 1.807) is 52.4 Å². The number of anilines is 1. The summed E-state index contributed by atoms with van der Waals surface area (Å²) >= 11 is 0. The first-order chi connectivity index (χ1) is 17.3. The van der Waals surface area contributed by atoms with Crippen molar-refractivity contribution in [3.8, 4) is 0 Å². The van der Waals surface area contributed by atoms with E-state index in [4.69, 9.17) is 19.9 Å². The highest BCUT2D eigenvalue weighted by Gasteiger charge is 2.39. The summed E-state index contributed by atoms with van der Waals surface area (Å²) in [5, 5.41) is 5.68. The molecule has 2 aromatic heterocycles. The van der Waals surface area contributed by atoms with Gasteiger partial charge in [-0.3, -0.25) is 14.2 Å². The average molecular weight is 542 g/mol. The zero-order valence-electron chi connectivity index (χ0n) is 22.7. The van der Waals surface area contributed by atoms with Gasteiger partial charge in [0.25, 0.3) is 0 Å². The Morgan fingerprint density at radius 2 is 1.89 bits per heavy atom. The average Bonchev–Trinajstić information content (AvgIpc) is 3.21. The molecule has 1 unspecified atom stereocenters. The maximum Gasteiger partial charge on any atom is 0.326 e. The molecule has 14 heteroatoms. The van der Waals surface area contributed by atoms with Crippen LogP contribution in [0.25, 0.3) is 11.2 Å². The highest BCUT2D eigenvalue weighted by atomic mass is 31.2. The van der Waals surface area contributed by atoms with Crippen molar-refractivity contribution in [2.45, 2.75) is 91.6 Å². The molecular formula is C23H40N7O6P. The van der Waals surface area contributed by atoms with Crippen LogP contribution in [-0.4, -0.2) is 68.2 Å². The molecule has 2 rings (SSSR count). The number of rotatable bonds is 15. The molecule has 2 heterocycles. The second-order valence-electron chi connectivity index (χ2n) is 9.74. The third kappa shape index (κ3) is 9.03. The van der Waals surface area contributed by atoms with Gasteiger partial charge >= 0.3 is 11.9 Å². The molecule has 0 radical (unpaired) electrons. The van der Waals surface area contributed by atoms with E-state index in [0.29, 0.717) is 17.7 Å². The Bertz CT molecular complexity index is 1110. The Morgan fingerprint density at radius 3 is 2.54 bits per heavy atom. The Morgan fingerprint density at radius 1 is 1.19 bits per heavy atom. The van der Waals surface area contributed by atoms with Gasteiger partial charge in [-0.25, -0.2) is 25.1 Å². The van der Waals surface area contributed by atoms with Gasteiger partial charge in [0.05, 0.1) is 31.7 Å². The predicted molar refractivity (Wildman–Crippen MR) is 140 cm³/mol. The zero-order valence-corrected chi connectivity index (χ0v) is 23.6. The standard InChI is InChI=1S/C23H40N7O6P/c1-8-9-10-34-21(31)17(5)28-37(33,29-23(6,7)22(32)36-15(2)3)14-35-16(4)11-30-13-27-18-19(24)25-12-26-20(18)30/h12-13,15-17H,8-11,14H2,1-7H3,(H2,24,25,26)(H2,28,29,33)/t16-,17-,37?/m1/s1. The van der Waals surface area contributed by atoms with E-state index in [2.05, 4.69) is 25.1 Å². The summed E-state index contributed by atoms with van der Waals surface area (Å²) < 4.78 is 32.3. The molecular weight excluding hydrogens is 501 g/mol. The van der Waals surface area contributed by atoms with Crippen LogP contribution in [0.4, 0.5) is 5.82 Å². The summed E-state index contributed by atoms with van der Waals surface area (Å²) in [4.78, 5) is 37.5. The monoisotopic (exact) mass is 541 g/mol.